The summed E-state index contributed by atoms with van der Waals surface area (Å²) in [7, 11) is 1.70. The topological polar surface area (TPSA) is 52.6 Å². The second-order valence-corrected chi connectivity index (χ2v) is 5.27. The number of nitrogens with one attached hydrogen (secondary N) is 1. The molecule has 4 nitrogen and oxygen atoms in total. The van der Waals surface area contributed by atoms with Crippen molar-refractivity contribution in [2.24, 2.45) is 5.92 Å². The largest absolute Gasteiger partial charge is 0.392 e. The van der Waals surface area contributed by atoms with Crippen LogP contribution in [-0.4, -0.2) is 42.2 Å². The molecular formula is C14H18F2N2O2. The van der Waals surface area contributed by atoms with Crippen molar-refractivity contribution in [2.75, 3.05) is 25.5 Å². The van der Waals surface area contributed by atoms with Gasteiger partial charge in [-0.1, -0.05) is 0 Å². The third kappa shape index (κ3) is 4.25. The standard InChI is InChI=1S/C14H18F2N2O2/c1-18(7-13(19)9-2-3-9)8-14(20)17-12-6-10(15)4-5-11(12)16/h4-6,9,13,19H,2-3,7-8H2,1H3,(H,17,20). The Morgan fingerprint density at radius 1 is 1.50 bits per heavy atom. The molecule has 0 radical (unpaired) electrons. The van der Waals surface area contributed by atoms with Gasteiger partial charge >= 0.3 is 0 Å². The Balaban J connectivity index is 1.83. The maximum absolute atomic E-state index is 13.4. The van der Waals surface area contributed by atoms with Gasteiger partial charge in [0.2, 0.25) is 5.91 Å². The zero-order valence-electron chi connectivity index (χ0n) is 11.3. The fourth-order valence-electron chi connectivity index (χ4n) is 2.04. The van der Waals surface area contributed by atoms with E-state index < -0.39 is 23.6 Å². The van der Waals surface area contributed by atoms with Crippen molar-refractivity contribution < 1.29 is 18.7 Å². The molecule has 110 valence electrons. The Kier molecular flexibility index (Phi) is 4.67. The summed E-state index contributed by atoms with van der Waals surface area (Å²) < 4.78 is 26.3. The smallest absolute Gasteiger partial charge is 0.238 e. The van der Waals surface area contributed by atoms with Crippen LogP contribution >= 0.6 is 0 Å². The predicted molar refractivity (Wildman–Crippen MR) is 71.2 cm³/mol. The SMILES string of the molecule is CN(CC(=O)Nc1cc(F)ccc1F)CC(O)C1CC1. The van der Waals surface area contributed by atoms with Gasteiger partial charge in [-0.15, -0.1) is 0 Å². The molecule has 20 heavy (non-hydrogen) atoms. The summed E-state index contributed by atoms with van der Waals surface area (Å²) in [5.41, 5.74) is -0.175. The summed E-state index contributed by atoms with van der Waals surface area (Å²) in [5.74, 6) is -1.40. The minimum absolute atomic E-state index is 0.0136. The van der Waals surface area contributed by atoms with Crippen molar-refractivity contribution >= 4 is 11.6 Å². The molecule has 1 saturated carbocycles. The molecule has 0 spiro atoms. The normalized spacial score (nSPS) is 16.2. The predicted octanol–water partition coefficient (Wildman–Crippen LogP) is 1.61. The molecule has 0 saturated heterocycles. The highest BCUT2D eigenvalue weighted by atomic mass is 19.1. The number of hydrogen-bond acceptors (Lipinski definition) is 3. The maximum Gasteiger partial charge on any atom is 0.238 e. The Morgan fingerprint density at radius 3 is 2.85 bits per heavy atom. The van der Waals surface area contributed by atoms with E-state index in [0.717, 1.165) is 31.0 Å². The molecule has 1 aliphatic carbocycles. The monoisotopic (exact) mass is 284 g/mol. The Hall–Kier alpha value is -1.53. The minimum atomic E-state index is -0.680. The first-order chi connectivity index (χ1) is 9.45. The number of hydrogen-bond donors (Lipinski definition) is 2. The molecule has 0 bridgehead atoms. The number of aliphatic hydroxyl groups is 1. The van der Waals surface area contributed by atoms with E-state index in [-0.39, 0.29) is 12.2 Å². The Morgan fingerprint density at radius 2 is 2.20 bits per heavy atom. The van der Waals surface area contributed by atoms with Crippen LogP contribution in [0.3, 0.4) is 0 Å². The number of carbonyl (C=O) groups is 1. The van der Waals surface area contributed by atoms with Gasteiger partial charge in [0.05, 0.1) is 18.3 Å². The first-order valence-electron chi connectivity index (χ1n) is 6.57. The van der Waals surface area contributed by atoms with Gasteiger partial charge < -0.3 is 10.4 Å². The lowest BCUT2D eigenvalue weighted by Gasteiger charge is -2.19. The average Bonchev–Trinajstić information content (AvgIpc) is 3.17. The van der Waals surface area contributed by atoms with Crippen LogP contribution in [-0.2, 0) is 4.79 Å². The van der Waals surface area contributed by atoms with E-state index in [1.165, 1.54) is 0 Å². The summed E-state index contributed by atoms with van der Waals surface area (Å²) in [6.45, 7) is 0.406. The second-order valence-electron chi connectivity index (χ2n) is 5.27. The fourth-order valence-corrected chi connectivity index (χ4v) is 2.04. The number of nitrogens with zero attached hydrogens (tertiary/aromatic N) is 1. The lowest BCUT2D eigenvalue weighted by Crippen LogP contribution is -2.36. The van der Waals surface area contributed by atoms with Crippen LogP contribution in [0.2, 0.25) is 0 Å². The molecule has 2 rings (SSSR count). The molecule has 1 unspecified atom stereocenters. The van der Waals surface area contributed by atoms with E-state index in [4.69, 9.17) is 0 Å². The van der Waals surface area contributed by atoms with E-state index in [2.05, 4.69) is 5.32 Å². The van der Waals surface area contributed by atoms with Crippen LogP contribution in [0.5, 0.6) is 0 Å². The van der Waals surface area contributed by atoms with Gasteiger partial charge in [-0.3, -0.25) is 9.69 Å². The second kappa shape index (κ2) is 6.28. The number of carbonyl (C=O) groups excluding carboxylic acids is 1. The molecule has 0 aromatic heterocycles. The van der Waals surface area contributed by atoms with E-state index in [1.807, 2.05) is 0 Å². The molecule has 1 fully saturated rings. The van der Waals surface area contributed by atoms with Crippen molar-refractivity contribution in [1.82, 2.24) is 4.90 Å². The molecule has 1 aromatic carbocycles. The number of aliphatic hydroxyl groups excluding tert-OH is 1. The fraction of sp³-hybridized carbons (Fsp3) is 0.500. The Labute approximate surface area is 116 Å². The van der Waals surface area contributed by atoms with Gasteiger partial charge in [0.25, 0.3) is 0 Å². The quantitative estimate of drug-likeness (QED) is 0.834. The van der Waals surface area contributed by atoms with Crippen LogP contribution in [0.1, 0.15) is 12.8 Å². The molecule has 1 aromatic rings. The summed E-state index contributed by atoms with van der Waals surface area (Å²) in [6.07, 6.45) is 1.62. The number of benzene rings is 1. The highest BCUT2D eigenvalue weighted by Crippen LogP contribution is 2.32. The molecule has 1 atom stereocenters. The molecular weight excluding hydrogens is 266 g/mol. The summed E-state index contributed by atoms with van der Waals surface area (Å²) in [4.78, 5) is 13.4. The van der Waals surface area contributed by atoms with Crippen molar-refractivity contribution in [3.05, 3.63) is 29.8 Å². The summed E-state index contributed by atoms with van der Waals surface area (Å²) in [6, 6.07) is 2.89. The molecule has 2 N–H and O–H groups in total. The highest BCUT2D eigenvalue weighted by molar-refractivity contribution is 5.92. The maximum atomic E-state index is 13.4. The van der Waals surface area contributed by atoms with Crippen molar-refractivity contribution in [1.29, 1.82) is 0 Å². The zero-order chi connectivity index (χ0) is 14.7. The first kappa shape index (κ1) is 14.9. The zero-order valence-corrected chi connectivity index (χ0v) is 11.3. The molecule has 6 heteroatoms. The number of rotatable bonds is 6. The average molecular weight is 284 g/mol. The van der Waals surface area contributed by atoms with Gasteiger partial charge in [0, 0.05) is 12.6 Å². The van der Waals surface area contributed by atoms with Crippen LogP contribution in [0.4, 0.5) is 14.5 Å². The van der Waals surface area contributed by atoms with Gasteiger partial charge in [-0.2, -0.15) is 0 Å². The minimum Gasteiger partial charge on any atom is -0.392 e. The van der Waals surface area contributed by atoms with Crippen LogP contribution < -0.4 is 5.32 Å². The van der Waals surface area contributed by atoms with Gasteiger partial charge in [0.1, 0.15) is 11.6 Å². The van der Waals surface area contributed by atoms with Gasteiger partial charge in [-0.05, 0) is 37.9 Å². The van der Waals surface area contributed by atoms with Crippen LogP contribution in [0.15, 0.2) is 18.2 Å². The number of amides is 1. The van der Waals surface area contributed by atoms with Crippen LogP contribution in [0.25, 0.3) is 0 Å². The number of anilines is 1. The molecule has 0 heterocycles. The van der Waals surface area contributed by atoms with Gasteiger partial charge in [-0.25, -0.2) is 8.78 Å². The molecule has 1 amide bonds. The first-order valence-corrected chi connectivity index (χ1v) is 6.57. The van der Waals surface area contributed by atoms with Crippen molar-refractivity contribution in [2.45, 2.75) is 18.9 Å². The third-order valence-corrected chi connectivity index (χ3v) is 3.28. The van der Waals surface area contributed by atoms with E-state index in [9.17, 15) is 18.7 Å². The third-order valence-electron chi connectivity index (χ3n) is 3.28. The Bertz CT molecular complexity index is 492. The lowest BCUT2D eigenvalue weighted by atomic mass is 10.2. The molecule has 0 aliphatic heterocycles. The van der Waals surface area contributed by atoms with E-state index in [1.54, 1.807) is 11.9 Å². The van der Waals surface area contributed by atoms with Crippen LogP contribution in [0, 0.1) is 17.6 Å². The van der Waals surface area contributed by atoms with Gasteiger partial charge in [0.15, 0.2) is 0 Å². The molecule has 1 aliphatic rings. The number of likely N-dealkylation sites (N-methyl/N-ethyl adjacent to an activating group) is 1. The van der Waals surface area contributed by atoms with E-state index in [0.29, 0.717) is 12.5 Å². The summed E-state index contributed by atoms with van der Waals surface area (Å²) in [5, 5.41) is 12.1. The number of halogens is 2. The lowest BCUT2D eigenvalue weighted by molar-refractivity contribution is -0.117. The van der Waals surface area contributed by atoms with E-state index >= 15 is 0 Å². The summed E-state index contributed by atoms with van der Waals surface area (Å²) >= 11 is 0. The highest BCUT2D eigenvalue weighted by Gasteiger charge is 2.30. The van der Waals surface area contributed by atoms with Crippen molar-refractivity contribution in [3.8, 4) is 0 Å². The van der Waals surface area contributed by atoms with Crippen molar-refractivity contribution in [3.63, 3.8) is 0 Å².